The van der Waals surface area contributed by atoms with Crippen LogP contribution in [0.3, 0.4) is 0 Å². The molecule has 2 saturated heterocycles. The number of nitrogens with zero attached hydrogens (tertiary/aromatic N) is 4. The number of hydrogen-bond acceptors (Lipinski definition) is 6. The number of carbonyl (C=O) groups excluding carboxylic acids is 2. The monoisotopic (exact) mass is 996 g/mol. The number of benzene rings is 6. The largest absolute Gasteiger partial charge is 0.334 e. The van der Waals surface area contributed by atoms with Gasteiger partial charge in [0.15, 0.2) is 0 Å². The molecule has 0 N–H and O–H groups in total. The summed E-state index contributed by atoms with van der Waals surface area (Å²) >= 11 is 18.1. The predicted octanol–water partition coefficient (Wildman–Crippen LogP) is 10.9. The fourth-order valence-electron chi connectivity index (χ4n) is 7.99. The van der Waals surface area contributed by atoms with E-state index in [1.165, 1.54) is 72.8 Å². The van der Waals surface area contributed by atoms with E-state index in [4.69, 9.17) is 34.8 Å². The molecule has 2 atom stereocenters. The second kappa shape index (κ2) is 20.9. The first-order chi connectivity index (χ1) is 31.5. The Morgan fingerprint density at radius 3 is 1.41 bits per heavy atom. The molecule has 2 amide bonds. The Morgan fingerprint density at radius 1 is 0.530 bits per heavy atom. The minimum Gasteiger partial charge on any atom is -0.334 e. The zero-order valence-corrected chi connectivity index (χ0v) is 38.9. The molecule has 2 aliphatic heterocycles. The maximum Gasteiger partial charge on any atom is 0.266 e. The molecule has 2 fully saturated rings. The van der Waals surface area contributed by atoms with Crippen LogP contribution in [0, 0.1) is 17.5 Å². The fourth-order valence-corrected chi connectivity index (χ4v) is 11.6. The molecule has 0 radical (unpaired) electrons. The highest BCUT2D eigenvalue weighted by molar-refractivity contribution is 7.93. The highest BCUT2D eigenvalue weighted by Crippen LogP contribution is 2.36. The van der Waals surface area contributed by atoms with Gasteiger partial charge >= 0.3 is 0 Å². The standard InChI is InChI=1S/C24H21Cl2FN2O3S.C24H21ClF2N2O3S/c25-18-9-13-20(14-10-18)29(33(31,32)23-6-2-1-4-21(23)26)16-24(30)28-15-3-5-22(28)17-7-11-19(27)12-8-17;25-18-8-12-21(13-9-18)29(33(31,32)22-4-1-3-20(27)15-22)16-24(30)28-14-2-5-23(28)17-6-10-19(26)11-7-17/h1-2,4,6-14,22H,3,5,15-16H2;1,3-4,6-13,15,23H,2,5,14,16H2. The molecule has 6 aromatic rings. The summed E-state index contributed by atoms with van der Waals surface area (Å²) in [5.41, 5.74) is 2.13. The lowest BCUT2D eigenvalue weighted by atomic mass is 10.0. The van der Waals surface area contributed by atoms with E-state index in [-0.39, 0.29) is 50.1 Å². The Morgan fingerprint density at radius 2 is 0.970 bits per heavy atom. The Labute approximate surface area is 396 Å². The van der Waals surface area contributed by atoms with Gasteiger partial charge in [0.2, 0.25) is 11.8 Å². The topological polar surface area (TPSA) is 115 Å². The van der Waals surface area contributed by atoms with Crippen molar-refractivity contribution in [3.05, 3.63) is 189 Å². The first-order valence-electron chi connectivity index (χ1n) is 20.7. The summed E-state index contributed by atoms with van der Waals surface area (Å²) < 4.78 is 96.5. The quantitative estimate of drug-likeness (QED) is 0.121. The summed E-state index contributed by atoms with van der Waals surface area (Å²) in [4.78, 5) is 29.6. The van der Waals surface area contributed by atoms with Crippen LogP contribution >= 0.6 is 34.8 Å². The SMILES string of the molecule is O=C(CN(c1ccc(Cl)cc1)S(=O)(=O)c1cccc(F)c1)N1CCCC1c1ccc(F)cc1.O=C(CN(c1ccc(Cl)cc1)S(=O)(=O)c1ccccc1Cl)N1CCCC1c1ccc(F)cc1. The molecule has 8 rings (SSSR count). The van der Waals surface area contributed by atoms with Gasteiger partial charge < -0.3 is 9.80 Å². The lowest BCUT2D eigenvalue weighted by Crippen LogP contribution is -2.43. The first-order valence-corrected chi connectivity index (χ1v) is 24.7. The minimum absolute atomic E-state index is 0.0641. The van der Waals surface area contributed by atoms with Crippen LogP contribution in [-0.2, 0) is 29.6 Å². The smallest absolute Gasteiger partial charge is 0.266 e. The van der Waals surface area contributed by atoms with Crippen LogP contribution in [0.25, 0.3) is 0 Å². The molecular formula is C48H42Cl3F3N4O6S2. The van der Waals surface area contributed by atoms with Crippen molar-refractivity contribution in [1.29, 1.82) is 0 Å². The Kier molecular flexibility index (Phi) is 15.3. The van der Waals surface area contributed by atoms with E-state index >= 15 is 0 Å². The molecule has 0 spiro atoms. The first kappa shape index (κ1) is 48.4. The van der Waals surface area contributed by atoms with Crippen molar-refractivity contribution < 1.29 is 39.6 Å². The second-order valence-corrected chi connectivity index (χ2v) is 20.4. The predicted molar refractivity (Wildman–Crippen MR) is 250 cm³/mol. The normalized spacial score (nSPS) is 16.1. The second-order valence-electron chi connectivity index (χ2n) is 15.5. The molecule has 344 valence electrons. The summed E-state index contributed by atoms with van der Waals surface area (Å²) in [5.74, 6) is -2.18. The number of likely N-dealkylation sites (tertiary alicyclic amines) is 2. The van der Waals surface area contributed by atoms with Gasteiger partial charge in [0.1, 0.15) is 35.4 Å². The van der Waals surface area contributed by atoms with Crippen molar-refractivity contribution in [2.45, 2.75) is 47.6 Å². The molecule has 0 aromatic heterocycles. The van der Waals surface area contributed by atoms with Gasteiger partial charge in [-0.25, -0.2) is 30.0 Å². The maximum atomic E-state index is 13.8. The highest BCUT2D eigenvalue weighted by atomic mass is 35.5. The van der Waals surface area contributed by atoms with Crippen molar-refractivity contribution in [2.24, 2.45) is 0 Å². The highest BCUT2D eigenvalue weighted by Gasteiger charge is 2.36. The van der Waals surface area contributed by atoms with E-state index in [1.807, 2.05) is 0 Å². The molecule has 18 heteroatoms. The Balaban J connectivity index is 0.000000196. The van der Waals surface area contributed by atoms with E-state index in [9.17, 15) is 39.6 Å². The number of hydrogen-bond donors (Lipinski definition) is 0. The summed E-state index contributed by atoms with van der Waals surface area (Å²) in [6.07, 6.45) is 2.92. The van der Waals surface area contributed by atoms with Crippen LogP contribution in [0.4, 0.5) is 24.5 Å². The summed E-state index contributed by atoms with van der Waals surface area (Å²) in [7, 11) is -8.40. The van der Waals surface area contributed by atoms with Crippen molar-refractivity contribution in [3.63, 3.8) is 0 Å². The molecule has 0 saturated carbocycles. The molecule has 2 heterocycles. The van der Waals surface area contributed by atoms with Crippen LogP contribution in [0.1, 0.15) is 48.9 Å². The third kappa shape index (κ3) is 11.2. The van der Waals surface area contributed by atoms with E-state index in [0.717, 1.165) is 51.1 Å². The summed E-state index contributed by atoms with van der Waals surface area (Å²) in [5, 5.41) is 0.912. The van der Waals surface area contributed by atoms with Crippen molar-refractivity contribution in [1.82, 2.24) is 9.80 Å². The molecule has 0 aliphatic carbocycles. The Bertz CT molecular complexity index is 2900. The number of anilines is 2. The number of amides is 2. The van der Waals surface area contributed by atoms with Gasteiger partial charge in [-0.3, -0.25) is 18.2 Å². The van der Waals surface area contributed by atoms with Gasteiger partial charge in [-0.05, 0) is 140 Å². The van der Waals surface area contributed by atoms with Gasteiger partial charge in [-0.15, -0.1) is 0 Å². The van der Waals surface area contributed by atoms with Gasteiger partial charge in [-0.2, -0.15) is 0 Å². The molecule has 10 nitrogen and oxygen atoms in total. The number of sulfonamides is 2. The average molecular weight is 998 g/mol. The van der Waals surface area contributed by atoms with Gasteiger partial charge in [0.05, 0.1) is 33.4 Å². The average Bonchev–Trinajstić information content (AvgIpc) is 4.01. The van der Waals surface area contributed by atoms with Crippen LogP contribution < -0.4 is 8.61 Å². The van der Waals surface area contributed by atoms with Gasteiger partial charge in [-0.1, -0.05) is 77.3 Å². The van der Waals surface area contributed by atoms with Crippen LogP contribution in [0.5, 0.6) is 0 Å². The van der Waals surface area contributed by atoms with Crippen molar-refractivity contribution in [2.75, 3.05) is 34.8 Å². The molecule has 2 unspecified atom stereocenters. The van der Waals surface area contributed by atoms with E-state index in [1.54, 1.807) is 70.5 Å². The molecular weight excluding hydrogens is 956 g/mol. The zero-order chi connectivity index (χ0) is 47.2. The molecule has 6 aromatic carbocycles. The molecule has 66 heavy (non-hydrogen) atoms. The van der Waals surface area contributed by atoms with E-state index in [2.05, 4.69) is 0 Å². The van der Waals surface area contributed by atoms with E-state index in [0.29, 0.717) is 35.2 Å². The maximum absolute atomic E-state index is 13.8. The third-order valence-electron chi connectivity index (χ3n) is 11.2. The Hall–Kier alpha value is -5.58. The number of rotatable bonds is 12. The third-order valence-corrected chi connectivity index (χ3v) is 15.8. The summed E-state index contributed by atoms with van der Waals surface area (Å²) in [6.45, 7) is 0.0574. The van der Waals surface area contributed by atoms with Crippen LogP contribution in [-0.4, -0.2) is 64.6 Å². The number of carbonyl (C=O) groups is 2. The minimum atomic E-state index is -4.25. The van der Waals surface area contributed by atoms with Crippen LogP contribution in [0.15, 0.2) is 155 Å². The van der Waals surface area contributed by atoms with Crippen molar-refractivity contribution in [3.8, 4) is 0 Å². The van der Waals surface area contributed by atoms with Gasteiger partial charge in [0, 0.05) is 23.1 Å². The van der Waals surface area contributed by atoms with Gasteiger partial charge in [0.25, 0.3) is 20.0 Å². The van der Waals surface area contributed by atoms with E-state index < -0.39 is 44.9 Å². The molecule has 0 bridgehead atoms. The fraction of sp³-hybridized carbons (Fsp3) is 0.208. The van der Waals surface area contributed by atoms with Crippen LogP contribution in [0.2, 0.25) is 15.1 Å². The number of halogens is 6. The lowest BCUT2D eigenvalue weighted by Gasteiger charge is -2.30. The zero-order valence-electron chi connectivity index (χ0n) is 35.0. The summed E-state index contributed by atoms with van der Waals surface area (Å²) in [6, 6.07) is 34.4. The lowest BCUT2D eigenvalue weighted by molar-refractivity contribution is -0.131. The molecule has 2 aliphatic rings. The van der Waals surface area contributed by atoms with Crippen molar-refractivity contribution >= 4 is 78.0 Å².